The number of nitrogen functional groups attached to an aromatic ring is 1. The molecule has 3 aromatic rings. The van der Waals surface area contributed by atoms with Gasteiger partial charge in [0.2, 0.25) is 20.0 Å². The number of aromatic nitrogens is 1. The van der Waals surface area contributed by atoms with Crippen LogP contribution in [0, 0.1) is 0 Å². The molecule has 0 unspecified atom stereocenters. The van der Waals surface area contributed by atoms with E-state index in [1.165, 1.54) is 23.5 Å². The highest BCUT2D eigenvalue weighted by molar-refractivity contribution is 7.89. The van der Waals surface area contributed by atoms with Crippen LogP contribution in [0.25, 0.3) is 11.1 Å². The maximum atomic E-state index is 13.5. The highest BCUT2D eigenvalue weighted by Gasteiger charge is 2.44. The second-order valence-electron chi connectivity index (χ2n) is 10.9. The molecule has 43 heavy (non-hydrogen) atoms. The number of anilines is 1. The minimum Gasteiger partial charge on any atom is -0.491 e. The van der Waals surface area contributed by atoms with Crippen LogP contribution in [0.5, 0.6) is 5.75 Å². The normalized spacial score (nSPS) is 19.8. The molecule has 3 heterocycles. The number of pyridine rings is 1. The predicted octanol–water partition coefficient (Wildman–Crippen LogP) is 1.58. The maximum absolute atomic E-state index is 13.5. The molecule has 12 nitrogen and oxygen atoms in total. The number of nitrogens with one attached hydrogen (secondary N) is 2. The van der Waals surface area contributed by atoms with Crippen molar-refractivity contribution in [2.45, 2.75) is 46.8 Å². The molecule has 1 spiro atoms. The molecule has 2 aliphatic heterocycles. The molecule has 5 N–H and O–H groups in total. The van der Waals surface area contributed by atoms with E-state index in [0.29, 0.717) is 50.5 Å². The van der Waals surface area contributed by atoms with Crippen LogP contribution in [-0.2, 0) is 24.8 Å². The molecule has 2 aromatic carbocycles. The van der Waals surface area contributed by atoms with E-state index in [1.807, 2.05) is 12.1 Å². The van der Waals surface area contributed by atoms with Gasteiger partial charge in [0.15, 0.2) is 0 Å². The van der Waals surface area contributed by atoms with Crippen LogP contribution in [0.4, 0.5) is 5.82 Å². The number of ether oxygens (including phenoxy) is 2. The Morgan fingerprint density at radius 2 is 1.81 bits per heavy atom. The van der Waals surface area contributed by atoms with E-state index in [9.17, 15) is 21.9 Å². The number of piperidine rings is 1. The number of sulfonamides is 2. The number of nitrogens with zero attached hydrogens (tertiary/aromatic N) is 2. The molecule has 2 aliphatic rings. The number of benzene rings is 2. The van der Waals surface area contributed by atoms with E-state index in [0.717, 1.165) is 11.1 Å². The van der Waals surface area contributed by atoms with Crippen LogP contribution >= 0.6 is 0 Å². The molecule has 14 heteroatoms. The van der Waals surface area contributed by atoms with Crippen LogP contribution in [-0.4, -0.2) is 88.9 Å². The first-order valence-electron chi connectivity index (χ1n) is 14.0. The molecule has 0 bridgehead atoms. The zero-order valence-electron chi connectivity index (χ0n) is 23.8. The van der Waals surface area contributed by atoms with Crippen LogP contribution in [0.2, 0.25) is 0 Å². The second-order valence-corrected chi connectivity index (χ2v) is 14.7. The Morgan fingerprint density at radius 1 is 1.07 bits per heavy atom. The van der Waals surface area contributed by atoms with Crippen LogP contribution in [0.15, 0.2) is 76.7 Å². The van der Waals surface area contributed by atoms with Crippen LogP contribution < -0.4 is 20.5 Å². The summed E-state index contributed by atoms with van der Waals surface area (Å²) in [6, 6.07) is 16.4. The minimum atomic E-state index is -3.69. The van der Waals surface area contributed by atoms with Gasteiger partial charge in [-0.1, -0.05) is 18.2 Å². The van der Waals surface area contributed by atoms with Crippen molar-refractivity contribution in [1.29, 1.82) is 0 Å². The zero-order valence-corrected chi connectivity index (χ0v) is 25.5. The summed E-state index contributed by atoms with van der Waals surface area (Å²) >= 11 is 0. The molecule has 0 radical (unpaired) electrons. The van der Waals surface area contributed by atoms with Crippen molar-refractivity contribution in [3.8, 4) is 16.9 Å². The largest absolute Gasteiger partial charge is 0.491 e. The molecule has 0 saturated carbocycles. The van der Waals surface area contributed by atoms with Gasteiger partial charge < -0.3 is 25.6 Å². The average molecular weight is 632 g/mol. The number of nitrogens with two attached hydrogens (primary N) is 1. The second kappa shape index (κ2) is 12.9. The van der Waals surface area contributed by atoms with Gasteiger partial charge in [-0.3, -0.25) is 0 Å². The average Bonchev–Trinajstić information content (AvgIpc) is 3.41. The van der Waals surface area contributed by atoms with Gasteiger partial charge in [-0.25, -0.2) is 26.5 Å². The van der Waals surface area contributed by atoms with Crippen LogP contribution in [0.1, 0.15) is 19.3 Å². The lowest BCUT2D eigenvalue weighted by molar-refractivity contribution is -0.0312. The first kappa shape index (κ1) is 31.3. The predicted molar refractivity (Wildman–Crippen MR) is 161 cm³/mol. The fraction of sp³-hybridized carbons (Fsp3) is 0.414. The molecular formula is C29H37N5O7S2. The minimum absolute atomic E-state index is 0.00658. The van der Waals surface area contributed by atoms with E-state index >= 15 is 0 Å². The SMILES string of the molecule is CNS(=O)(=O)c1cccc(OC[C@@H](O)CN[C@@H]2COC3(CCN(S(=O)(=O)c4cccc(-c5ccc(N)nc5)c4)CC3)C2)c1. The van der Waals surface area contributed by atoms with Gasteiger partial charge in [0.25, 0.3) is 0 Å². The third-order valence-corrected chi connectivity index (χ3v) is 11.2. The third-order valence-electron chi connectivity index (χ3n) is 7.90. The molecular weight excluding hydrogens is 594 g/mol. The number of rotatable bonds is 11. The van der Waals surface area contributed by atoms with Gasteiger partial charge in [0.1, 0.15) is 24.3 Å². The lowest BCUT2D eigenvalue weighted by Gasteiger charge is -2.38. The van der Waals surface area contributed by atoms with E-state index in [-0.39, 0.29) is 29.0 Å². The summed E-state index contributed by atoms with van der Waals surface area (Å²) in [6.07, 6.45) is 2.65. The molecule has 0 aliphatic carbocycles. The Kier molecular flexibility index (Phi) is 9.37. The van der Waals surface area contributed by atoms with Crippen molar-refractivity contribution in [2.75, 3.05) is 45.6 Å². The van der Waals surface area contributed by atoms with Gasteiger partial charge in [-0.2, -0.15) is 4.31 Å². The highest BCUT2D eigenvalue weighted by Crippen LogP contribution is 2.37. The topological polar surface area (TPSA) is 173 Å². The smallest absolute Gasteiger partial charge is 0.243 e. The van der Waals surface area contributed by atoms with Crippen molar-refractivity contribution in [3.63, 3.8) is 0 Å². The summed E-state index contributed by atoms with van der Waals surface area (Å²) in [5, 5.41) is 13.8. The monoisotopic (exact) mass is 631 g/mol. The first-order valence-corrected chi connectivity index (χ1v) is 17.0. The quantitative estimate of drug-likeness (QED) is 0.243. The lowest BCUT2D eigenvalue weighted by Crippen LogP contribution is -2.47. The third kappa shape index (κ3) is 7.34. The summed E-state index contributed by atoms with van der Waals surface area (Å²) in [6.45, 7) is 1.40. The standard InChI is InChI=1S/C29H37N5O7S2/c1-31-42(36,37)26-6-3-5-25(15-26)40-20-24(35)18-32-23-16-29(41-19-23)10-12-34(13-11-29)43(38,39)27-7-2-4-21(14-27)22-8-9-28(30)33-17-22/h2-9,14-15,17,23-24,31-32,35H,10-13,16,18-20H2,1H3,(H2,30,33)/t23-,24-/m0/s1. The Labute approximate surface area is 252 Å². The molecule has 2 fully saturated rings. The van der Waals surface area contributed by atoms with Gasteiger partial charge in [0.05, 0.1) is 22.0 Å². The van der Waals surface area contributed by atoms with E-state index < -0.39 is 31.8 Å². The lowest BCUT2D eigenvalue weighted by atomic mass is 9.88. The van der Waals surface area contributed by atoms with Crippen molar-refractivity contribution in [1.82, 2.24) is 19.3 Å². The molecule has 0 amide bonds. The van der Waals surface area contributed by atoms with Gasteiger partial charge >= 0.3 is 0 Å². The highest BCUT2D eigenvalue weighted by atomic mass is 32.2. The zero-order chi connectivity index (χ0) is 30.7. The number of hydrogen-bond donors (Lipinski definition) is 4. The summed E-state index contributed by atoms with van der Waals surface area (Å²) in [4.78, 5) is 4.41. The van der Waals surface area contributed by atoms with E-state index in [2.05, 4.69) is 15.0 Å². The molecule has 5 rings (SSSR count). The molecule has 2 atom stereocenters. The Morgan fingerprint density at radius 3 is 2.53 bits per heavy atom. The Bertz CT molecular complexity index is 1630. The summed E-state index contributed by atoms with van der Waals surface area (Å²) in [7, 11) is -5.95. The number of aliphatic hydroxyl groups excluding tert-OH is 1. The Balaban J connectivity index is 1.10. The Hall–Kier alpha value is -3.11. The molecule has 1 aromatic heterocycles. The van der Waals surface area contributed by atoms with Crippen molar-refractivity contribution < 1.29 is 31.4 Å². The van der Waals surface area contributed by atoms with Crippen LogP contribution in [0.3, 0.4) is 0 Å². The van der Waals surface area contributed by atoms with Gasteiger partial charge in [-0.15, -0.1) is 0 Å². The maximum Gasteiger partial charge on any atom is 0.243 e. The van der Waals surface area contributed by atoms with Gasteiger partial charge in [0, 0.05) is 43.5 Å². The number of aliphatic hydroxyl groups is 1. The van der Waals surface area contributed by atoms with Gasteiger partial charge in [-0.05, 0) is 68.3 Å². The summed E-state index contributed by atoms with van der Waals surface area (Å²) in [5.41, 5.74) is 6.80. The summed E-state index contributed by atoms with van der Waals surface area (Å²) in [5.74, 6) is 0.740. The molecule has 232 valence electrons. The first-order chi connectivity index (χ1) is 20.5. The van der Waals surface area contributed by atoms with E-state index in [1.54, 1.807) is 42.6 Å². The molecule has 2 saturated heterocycles. The van der Waals surface area contributed by atoms with Crippen molar-refractivity contribution in [3.05, 3.63) is 66.9 Å². The fourth-order valence-electron chi connectivity index (χ4n) is 5.42. The number of hydrogen-bond acceptors (Lipinski definition) is 10. The van der Waals surface area contributed by atoms with Crippen molar-refractivity contribution in [2.24, 2.45) is 0 Å². The van der Waals surface area contributed by atoms with Crippen molar-refractivity contribution >= 4 is 25.9 Å². The van der Waals surface area contributed by atoms with E-state index in [4.69, 9.17) is 15.2 Å². The fourth-order valence-corrected chi connectivity index (χ4v) is 7.67. The summed E-state index contributed by atoms with van der Waals surface area (Å²) < 4.78 is 66.5.